The zero-order valence-electron chi connectivity index (χ0n) is 13.4. The third kappa shape index (κ3) is 5.11. The molecule has 8 heteroatoms. The van der Waals surface area contributed by atoms with Gasteiger partial charge in [-0.2, -0.15) is 8.42 Å². The summed E-state index contributed by atoms with van der Waals surface area (Å²) in [6.07, 6.45) is 1.64. The van der Waals surface area contributed by atoms with Crippen molar-refractivity contribution < 1.29 is 13.0 Å². The second-order valence-corrected chi connectivity index (χ2v) is 9.85. The molecule has 1 aromatic heterocycles. The first-order valence-electron chi connectivity index (χ1n) is 7.66. The molecule has 0 bridgehead atoms. The minimum atomic E-state index is -4.16. The zero-order chi connectivity index (χ0) is 18.0. The monoisotopic (exact) mass is 432 g/mol. The van der Waals surface area contributed by atoms with Crippen LogP contribution in [0.3, 0.4) is 0 Å². The van der Waals surface area contributed by atoms with Gasteiger partial charge in [-0.25, -0.2) is 0 Å². The summed E-state index contributed by atoms with van der Waals surface area (Å²) in [7, 11) is -0.910. The maximum atomic E-state index is 11.1. The van der Waals surface area contributed by atoms with E-state index in [1.54, 1.807) is 32.8 Å². The van der Waals surface area contributed by atoms with Crippen molar-refractivity contribution in [3.8, 4) is 10.4 Å². The number of rotatable bonds is 5. The van der Waals surface area contributed by atoms with Crippen LogP contribution in [0.5, 0.6) is 0 Å². The molecule has 3 rings (SSSR count). The van der Waals surface area contributed by atoms with Gasteiger partial charge < -0.3 is 0 Å². The van der Waals surface area contributed by atoms with Crippen LogP contribution >= 0.6 is 32.9 Å². The Bertz CT molecular complexity index is 1030. The van der Waals surface area contributed by atoms with Gasteiger partial charge in [0.05, 0.1) is 9.77 Å². The third-order valence-corrected chi connectivity index (χ3v) is 8.01. The number of aryl methyl sites for hydroxylation is 1. The summed E-state index contributed by atoms with van der Waals surface area (Å²) in [6, 6.07) is 14.8. The average Bonchev–Trinajstić information content (AvgIpc) is 2.95. The molecule has 0 aliphatic heterocycles. The van der Waals surface area contributed by atoms with E-state index in [-0.39, 0.29) is 34.5 Å². The van der Waals surface area contributed by atoms with Gasteiger partial charge in [-0.3, -0.25) is 4.55 Å². The van der Waals surface area contributed by atoms with Crippen molar-refractivity contribution >= 4 is 72.6 Å². The van der Waals surface area contributed by atoms with Crippen LogP contribution in [0.25, 0.3) is 10.4 Å². The van der Waals surface area contributed by atoms with Crippen molar-refractivity contribution in [1.29, 1.82) is 0 Å². The van der Waals surface area contributed by atoms with Crippen molar-refractivity contribution in [3.63, 3.8) is 0 Å². The van der Waals surface area contributed by atoms with Crippen LogP contribution in [0.15, 0.2) is 53.4 Å². The average molecular weight is 433 g/mol. The van der Waals surface area contributed by atoms with Crippen molar-refractivity contribution in [1.82, 2.24) is 0 Å². The quantitative estimate of drug-likeness (QED) is 0.268. The van der Waals surface area contributed by atoms with Crippen molar-refractivity contribution in [2.75, 3.05) is 0 Å². The Hall–Kier alpha value is -0.380. The van der Waals surface area contributed by atoms with Gasteiger partial charge in [-0.15, -0.1) is 0 Å². The standard InChI is InChI=1S/C18H16O3S4.Na.H/c1-2-12-3-7-14(8-4-12)17-16(18(22)24-23-17)11-13-5-9-15(10-6-13)25(19,20)21;;/h3-10H,2,11H2,1H3,(H,19,20,21);;. The molecule has 0 radical (unpaired) electrons. The van der Waals surface area contributed by atoms with E-state index in [0.29, 0.717) is 6.42 Å². The Balaban J connectivity index is 0.00000243. The molecule has 0 unspecified atom stereocenters. The van der Waals surface area contributed by atoms with Crippen molar-refractivity contribution in [2.45, 2.75) is 24.7 Å². The van der Waals surface area contributed by atoms with Crippen LogP contribution in [-0.4, -0.2) is 42.5 Å². The van der Waals surface area contributed by atoms with Gasteiger partial charge in [-0.05, 0) is 35.2 Å². The predicted octanol–water partition coefficient (Wildman–Crippen LogP) is 4.96. The summed E-state index contributed by atoms with van der Waals surface area (Å²) in [6.45, 7) is 2.13. The van der Waals surface area contributed by atoms with E-state index in [1.807, 2.05) is 0 Å². The molecule has 0 aliphatic rings. The number of benzene rings is 2. The first-order chi connectivity index (χ1) is 11.9. The fourth-order valence-electron chi connectivity index (χ4n) is 2.52. The molecule has 0 saturated heterocycles. The molecule has 0 spiro atoms. The third-order valence-electron chi connectivity index (χ3n) is 3.95. The summed E-state index contributed by atoms with van der Waals surface area (Å²) in [4.78, 5) is 1.06. The fourth-order valence-corrected chi connectivity index (χ4v) is 5.92. The van der Waals surface area contributed by atoms with E-state index in [4.69, 9.17) is 16.8 Å². The predicted molar refractivity (Wildman–Crippen MR) is 114 cm³/mol. The molecular weight excluding hydrogens is 415 g/mol. The summed E-state index contributed by atoms with van der Waals surface area (Å²) in [5.41, 5.74) is 4.49. The second-order valence-electron chi connectivity index (χ2n) is 5.61. The summed E-state index contributed by atoms with van der Waals surface area (Å²) in [5.74, 6) is 0. The van der Waals surface area contributed by atoms with Gasteiger partial charge in [0.25, 0.3) is 10.1 Å². The van der Waals surface area contributed by atoms with Gasteiger partial charge in [0.1, 0.15) is 3.82 Å². The molecule has 132 valence electrons. The van der Waals surface area contributed by atoms with Crippen LogP contribution in [0.4, 0.5) is 0 Å². The molecule has 0 fully saturated rings. The van der Waals surface area contributed by atoms with E-state index >= 15 is 0 Å². The van der Waals surface area contributed by atoms with Gasteiger partial charge in [0, 0.05) is 12.0 Å². The molecular formula is C18H17NaO3S4. The fraction of sp³-hybridized carbons (Fsp3) is 0.167. The SMILES string of the molecule is CCc1ccc(-c2ssc(=S)c2Cc2ccc(S(=O)(=O)O)cc2)cc1.[NaH]. The normalized spacial score (nSPS) is 11.2. The molecule has 0 amide bonds. The van der Waals surface area contributed by atoms with E-state index in [1.165, 1.54) is 17.7 Å². The molecule has 0 atom stereocenters. The molecule has 1 heterocycles. The number of hydrogen-bond donors (Lipinski definition) is 1. The first kappa shape index (κ1) is 21.9. The molecule has 2 aromatic carbocycles. The molecule has 0 saturated carbocycles. The summed E-state index contributed by atoms with van der Waals surface area (Å²) < 4.78 is 32.2. The van der Waals surface area contributed by atoms with Crippen LogP contribution < -0.4 is 0 Å². The Kier molecular flexibility index (Phi) is 7.76. The Morgan fingerprint density at radius 2 is 1.54 bits per heavy atom. The first-order valence-corrected chi connectivity index (χ1v) is 11.7. The van der Waals surface area contributed by atoms with Crippen LogP contribution in [-0.2, 0) is 23.0 Å². The van der Waals surface area contributed by atoms with Crippen molar-refractivity contribution in [2.24, 2.45) is 0 Å². The van der Waals surface area contributed by atoms with Crippen LogP contribution in [0, 0.1) is 3.82 Å². The van der Waals surface area contributed by atoms with Gasteiger partial charge in [-0.1, -0.05) is 76.2 Å². The zero-order valence-corrected chi connectivity index (χ0v) is 16.7. The summed E-state index contributed by atoms with van der Waals surface area (Å²) >= 11 is 5.50. The maximum absolute atomic E-state index is 11.1. The molecule has 1 N–H and O–H groups in total. The Morgan fingerprint density at radius 3 is 2.08 bits per heavy atom. The van der Waals surface area contributed by atoms with E-state index < -0.39 is 10.1 Å². The van der Waals surface area contributed by atoms with E-state index in [0.717, 1.165) is 31.8 Å². The Morgan fingerprint density at radius 1 is 0.962 bits per heavy atom. The summed E-state index contributed by atoms with van der Waals surface area (Å²) in [5, 5.41) is 0. The number of hydrogen-bond acceptors (Lipinski definition) is 5. The molecule has 26 heavy (non-hydrogen) atoms. The Labute approximate surface area is 188 Å². The topological polar surface area (TPSA) is 54.4 Å². The van der Waals surface area contributed by atoms with Gasteiger partial charge >= 0.3 is 29.6 Å². The van der Waals surface area contributed by atoms with Crippen LogP contribution in [0.1, 0.15) is 23.6 Å². The van der Waals surface area contributed by atoms with Gasteiger partial charge in [0.2, 0.25) is 0 Å². The van der Waals surface area contributed by atoms with E-state index in [2.05, 4.69) is 31.2 Å². The molecule has 3 nitrogen and oxygen atoms in total. The minimum absolute atomic E-state index is 0. The van der Waals surface area contributed by atoms with E-state index in [9.17, 15) is 8.42 Å². The van der Waals surface area contributed by atoms with Crippen molar-refractivity contribution in [3.05, 3.63) is 69.0 Å². The molecule has 3 aromatic rings. The molecule has 0 aliphatic carbocycles. The second kappa shape index (κ2) is 9.21. The van der Waals surface area contributed by atoms with Gasteiger partial charge in [0.15, 0.2) is 0 Å². The van der Waals surface area contributed by atoms with Crippen LogP contribution in [0.2, 0.25) is 0 Å².